The molecule has 1 saturated heterocycles. The highest BCUT2D eigenvalue weighted by molar-refractivity contribution is 5.79. The third kappa shape index (κ3) is 5.77. The van der Waals surface area contributed by atoms with Crippen LogP contribution in [0.15, 0.2) is 12.2 Å². The van der Waals surface area contributed by atoms with Crippen LogP contribution in [0.4, 0.5) is 0 Å². The number of hydrogen-bond donors (Lipinski definition) is 0. The van der Waals surface area contributed by atoms with Gasteiger partial charge in [-0.3, -0.25) is 9.69 Å². The molecular weight excluding hydrogens is 268 g/mol. The summed E-state index contributed by atoms with van der Waals surface area (Å²) < 4.78 is 10.3. The van der Waals surface area contributed by atoms with Crippen LogP contribution in [0.1, 0.15) is 20.3 Å². The summed E-state index contributed by atoms with van der Waals surface area (Å²) in [4.78, 5) is 16.6. The minimum atomic E-state index is 0.0369. The monoisotopic (exact) mass is 298 g/mol. The van der Waals surface area contributed by atoms with Crippen molar-refractivity contribution in [1.29, 1.82) is 0 Å². The fourth-order valence-corrected chi connectivity index (χ4v) is 2.68. The van der Waals surface area contributed by atoms with Crippen LogP contribution >= 0.6 is 0 Å². The Labute approximate surface area is 128 Å². The molecule has 0 bridgehead atoms. The number of allylic oxidation sites excluding steroid dienone is 1. The van der Waals surface area contributed by atoms with Crippen LogP contribution in [0.2, 0.25) is 0 Å². The molecule has 1 heterocycles. The van der Waals surface area contributed by atoms with Crippen LogP contribution in [0, 0.1) is 5.92 Å². The van der Waals surface area contributed by atoms with Crippen LogP contribution < -0.4 is 0 Å². The van der Waals surface area contributed by atoms with Gasteiger partial charge in [-0.2, -0.15) is 0 Å². The fourth-order valence-electron chi connectivity index (χ4n) is 2.68. The normalized spacial score (nSPS) is 16.9. The van der Waals surface area contributed by atoms with E-state index in [1.165, 1.54) is 0 Å². The molecule has 1 fully saturated rings. The number of rotatable bonds is 10. The van der Waals surface area contributed by atoms with Gasteiger partial charge in [0.15, 0.2) is 0 Å². The number of ether oxygens (including phenoxy) is 2. The molecule has 5 heteroatoms. The van der Waals surface area contributed by atoms with Crippen molar-refractivity contribution in [2.24, 2.45) is 5.92 Å². The molecule has 1 atom stereocenters. The molecule has 0 N–H and O–H groups in total. The number of amides is 1. The lowest BCUT2D eigenvalue weighted by molar-refractivity contribution is -0.143. The molecule has 0 aromatic rings. The molecule has 0 saturated carbocycles. The predicted octanol–water partition coefficient (Wildman–Crippen LogP) is 1.39. The Bertz CT molecular complexity index is 332. The molecule has 0 radical (unpaired) electrons. The number of nitrogens with zero attached hydrogens (tertiary/aromatic N) is 2. The van der Waals surface area contributed by atoms with Gasteiger partial charge in [0, 0.05) is 52.4 Å². The van der Waals surface area contributed by atoms with Crippen molar-refractivity contribution >= 4 is 5.91 Å². The van der Waals surface area contributed by atoms with E-state index in [1.807, 2.05) is 18.7 Å². The Balaban J connectivity index is 2.40. The van der Waals surface area contributed by atoms with Gasteiger partial charge in [-0.1, -0.05) is 12.5 Å². The third-order valence-electron chi connectivity index (χ3n) is 3.93. The van der Waals surface area contributed by atoms with Crippen LogP contribution in [0.25, 0.3) is 0 Å². The van der Waals surface area contributed by atoms with Gasteiger partial charge in [-0.15, -0.1) is 6.58 Å². The number of methoxy groups -OCH3 is 2. The summed E-state index contributed by atoms with van der Waals surface area (Å²) in [5, 5.41) is 0. The number of carbonyl (C=O) groups is 1. The SMILES string of the molecule is C=C(C)CC(C)C(=O)N1CC(N(CCOC)CCOC)C1. The summed E-state index contributed by atoms with van der Waals surface area (Å²) in [5.41, 5.74) is 1.06. The van der Waals surface area contributed by atoms with Gasteiger partial charge in [0.05, 0.1) is 13.2 Å². The highest BCUT2D eigenvalue weighted by atomic mass is 16.5. The molecular formula is C16H30N2O3. The Morgan fingerprint density at radius 2 is 1.81 bits per heavy atom. The molecule has 1 amide bonds. The second-order valence-corrected chi connectivity index (χ2v) is 5.98. The third-order valence-corrected chi connectivity index (χ3v) is 3.93. The van der Waals surface area contributed by atoms with E-state index in [-0.39, 0.29) is 11.8 Å². The first-order valence-corrected chi connectivity index (χ1v) is 7.64. The van der Waals surface area contributed by atoms with Crippen LogP contribution in [-0.4, -0.2) is 75.4 Å². The summed E-state index contributed by atoms with van der Waals surface area (Å²) in [6, 6.07) is 0.427. The minimum Gasteiger partial charge on any atom is -0.383 e. The molecule has 1 rings (SSSR count). The fraction of sp³-hybridized carbons (Fsp3) is 0.812. The van der Waals surface area contributed by atoms with Gasteiger partial charge in [0.2, 0.25) is 5.91 Å². The first-order valence-electron chi connectivity index (χ1n) is 7.64. The van der Waals surface area contributed by atoms with Crippen molar-refractivity contribution in [1.82, 2.24) is 9.80 Å². The Hall–Kier alpha value is -0.910. The van der Waals surface area contributed by atoms with Crippen LogP contribution in [0.3, 0.4) is 0 Å². The molecule has 1 unspecified atom stereocenters. The molecule has 0 aliphatic carbocycles. The van der Waals surface area contributed by atoms with E-state index in [2.05, 4.69) is 11.5 Å². The lowest BCUT2D eigenvalue weighted by atomic mass is 9.98. The summed E-state index contributed by atoms with van der Waals surface area (Å²) in [6.45, 7) is 12.6. The van der Waals surface area contributed by atoms with Gasteiger partial charge < -0.3 is 14.4 Å². The summed E-state index contributed by atoms with van der Waals surface area (Å²) in [5.74, 6) is 0.280. The topological polar surface area (TPSA) is 42.0 Å². The Morgan fingerprint density at radius 3 is 2.24 bits per heavy atom. The summed E-state index contributed by atoms with van der Waals surface area (Å²) in [6.07, 6.45) is 0.775. The van der Waals surface area contributed by atoms with Gasteiger partial charge in [-0.05, 0) is 13.3 Å². The summed E-state index contributed by atoms with van der Waals surface area (Å²) >= 11 is 0. The van der Waals surface area contributed by atoms with Crippen molar-refractivity contribution in [3.63, 3.8) is 0 Å². The molecule has 21 heavy (non-hydrogen) atoms. The van der Waals surface area contributed by atoms with Crippen molar-refractivity contribution in [2.75, 3.05) is 53.6 Å². The summed E-state index contributed by atoms with van der Waals surface area (Å²) in [7, 11) is 3.43. The molecule has 1 aliphatic rings. The lowest BCUT2D eigenvalue weighted by Gasteiger charge is -2.46. The number of likely N-dealkylation sites (tertiary alicyclic amines) is 1. The molecule has 5 nitrogen and oxygen atoms in total. The highest BCUT2D eigenvalue weighted by Gasteiger charge is 2.35. The number of carbonyl (C=O) groups excluding carboxylic acids is 1. The maximum atomic E-state index is 12.3. The van der Waals surface area contributed by atoms with E-state index in [9.17, 15) is 4.79 Å². The Morgan fingerprint density at radius 1 is 1.29 bits per heavy atom. The van der Waals surface area contributed by atoms with Crippen molar-refractivity contribution in [2.45, 2.75) is 26.3 Å². The molecule has 122 valence electrons. The first-order chi connectivity index (χ1) is 9.99. The van der Waals surface area contributed by atoms with Gasteiger partial charge >= 0.3 is 0 Å². The van der Waals surface area contributed by atoms with Crippen molar-refractivity contribution in [3.8, 4) is 0 Å². The van der Waals surface area contributed by atoms with E-state index in [0.29, 0.717) is 19.3 Å². The zero-order valence-corrected chi connectivity index (χ0v) is 13.9. The quantitative estimate of drug-likeness (QED) is 0.572. The average molecular weight is 298 g/mol. The zero-order valence-electron chi connectivity index (χ0n) is 13.9. The average Bonchev–Trinajstić information content (AvgIpc) is 2.38. The molecule has 0 aromatic carbocycles. The highest BCUT2D eigenvalue weighted by Crippen LogP contribution is 2.20. The zero-order chi connectivity index (χ0) is 15.8. The van der Waals surface area contributed by atoms with E-state index < -0.39 is 0 Å². The predicted molar refractivity (Wildman–Crippen MR) is 84.3 cm³/mol. The van der Waals surface area contributed by atoms with E-state index in [0.717, 1.165) is 38.2 Å². The van der Waals surface area contributed by atoms with Crippen molar-refractivity contribution in [3.05, 3.63) is 12.2 Å². The maximum absolute atomic E-state index is 12.3. The first kappa shape index (κ1) is 18.1. The van der Waals surface area contributed by atoms with Gasteiger partial charge in [0.1, 0.15) is 0 Å². The second kappa shape index (κ2) is 9.18. The lowest BCUT2D eigenvalue weighted by Crippen LogP contribution is -2.62. The van der Waals surface area contributed by atoms with Gasteiger partial charge in [0.25, 0.3) is 0 Å². The van der Waals surface area contributed by atoms with E-state index in [4.69, 9.17) is 9.47 Å². The Kier molecular flexibility index (Phi) is 7.93. The smallest absolute Gasteiger partial charge is 0.225 e. The molecule has 0 spiro atoms. The van der Waals surface area contributed by atoms with Crippen LogP contribution in [0.5, 0.6) is 0 Å². The number of hydrogen-bond acceptors (Lipinski definition) is 4. The van der Waals surface area contributed by atoms with Gasteiger partial charge in [-0.25, -0.2) is 0 Å². The van der Waals surface area contributed by atoms with E-state index in [1.54, 1.807) is 14.2 Å². The largest absolute Gasteiger partial charge is 0.383 e. The maximum Gasteiger partial charge on any atom is 0.225 e. The van der Waals surface area contributed by atoms with Crippen LogP contribution in [-0.2, 0) is 14.3 Å². The molecule has 1 aliphatic heterocycles. The minimum absolute atomic E-state index is 0.0369. The van der Waals surface area contributed by atoms with E-state index >= 15 is 0 Å². The second-order valence-electron chi connectivity index (χ2n) is 5.98. The molecule has 0 aromatic heterocycles. The van der Waals surface area contributed by atoms with Crippen molar-refractivity contribution < 1.29 is 14.3 Å². The standard InChI is InChI=1S/C16H30N2O3/c1-13(2)10-14(3)16(19)18-11-15(12-18)17(6-8-20-4)7-9-21-5/h14-15H,1,6-12H2,2-5H3.